The number of rotatable bonds is 6. The zero-order chi connectivity index (χ0) is 35.7. The van der Waals surface area contributed by atoms with Crippen LogP contribution < -0.4 is 0 Å². The van der Waals surface area contributed by atoms with Gasteiger partial charge in [0.05, 0.1) is 15.2 Å². The predicted octanol–water partition coefficient (Wildman–Crippen LogP) is 12.2. The van der Waals surface area contributed by atoms with E-state index in [2.05, 4.69) is 188 Å². The molecule has 0 atom stereocenters. The van der Waals surface area contributed by atoms with Crippen LogP contribution in [0.1, 0.15) is 83.1 Å². The Morgan fingerprint density at radius 1 is 0.372 bits per heavy atom. The van der Waals surface area contributed by atoms with E-state index in [1.165, 1.54) is 0 Å². The molecule has 0 aromatic rings. The minimum Gasteiger partial charge on any atom is -0.0739 e. The van der Waals surface area contributed by atoms with Crippen molar-refractivity contribution in [1.82, 2.24) is 0 Å². The molecule has 0 aromatic heterocycles. The van der Waals surface area contributed by atoms with Crippen LogP contribution in [0.4, 0.5) is 0 Å². The van der Waals surface area contributed by atoms with Gasteiger partial charge in [-0.05, 0) is 34.0 Å². The van der Waals surface area contributed by atoms with Gasteiger partial charge in [0.1, 0.15) is 0 Å². The van der Waals surface area contributed by atoms with Crippen molar-refractivity contribution in [2.75, 3.05) is 0 Å². The van der Waals surface area contributed by atoms with E-state index in [4.69, 9.17) is 0 Å². The van der Waals surface area contributed by atoms with E-state index in [0.29, 0.717) is 20.2 Å². The summed E-state index contributed by atoms with van der Waals surface area (Å²) in [6.07, 6.45) is -2.98. The number of hydrogen-bond acceptors (Lipinski definition) is 0. The fourth-order valence-corrected chi connectivity index (χ4v) is 699. The van der Waals surface area contributed by atoms with E-state index in [9.17, 15) is 0 Å². The first-order chi connectivity index (χ1) is 18.0. The lowest BCUT2D eigenvalue weighted by molar-refractivity contribution is 0.627. The van der Waals surface area contributed by atoms with Crippen LogP contribution in [0.15, 0.2) is 0 Å². The Morgan fingerprint density at radius 3 is 0.651 bits per heavy atom. The van der Waals surface area contributed by atoms with E-state index in [-0.39, 0.29) is 0 Å². The summed E-state index contributed by atoms with van der Waals surface area (Å²) in [5.74, 6) is 0. The third-order valence-electron chi connectivity index (χ3n) is 14.4. The first-order valence-corrected chi connectivity index (χ1v) is 57.8. The predicted molar refractivity (Wildman–Crippen MR) is 236 cm³/mol. The monoisotopic (exact) mass is 776 g/mol. The maximum atomic E-state index is 3.19. The first-order valence-electron chi connectivity index (χ1n) is 17.8. The highest BCUT2D eigenvalue weighted by molar-refractivity contribution is 8.42. The van der Waals surface area contributed by atoms with Crippen LogP contribution in [0.3, 0.4) is 0 Å². The van der Waals surface area contributed by atoms with Gasteiger partial charge in [0, 0.05) is 49.8 Å². The van der Waals surface area contributed by atoms with Crippen LogP contribution in [-0.2, 0) is 0 Å². The molecule has 0 aliphatic carbocycles. The summed E-state index contributed by atoms with van der Waals surface area (Å²) in [5.41, 5.74) is 0. The Morgan fingerprint density at radius 2 is 0.535 bits per heavy atom. The maximum Gasteiger partial charge on any atom is 0.0638 e. The normalized spacial score (nSPS) is 21.1. The molecule has 1 heterocycles. The minimum absolute atomic E-state index is 0.446. The summed E-state index contributed by atoms with van der Waals surface area (Å²) in [4.78, 5) is 0. The highest BCUT2D eigenvalue weighted by Crippen LogP contribution is 2.63. The highest BCUT2D eigenvalue weighted by Gasteiger charge is 2.88. The Balaban J connectivity index is 5.55. The van der Waals surface area contributed by atoms with E-state index in [1.54, 1.807) is 0 Å². The molecule has 256 valence electrons. The molecule has 1 aliphatic rings. The smallest absolute Gasteiger partial charge is 0.0638 e. The first kappa shape index (κ1) is 43.4. The summed E-state index contributed by atoms with van der Waals surface area (Å²) in [7, 11) is -10.7. The molecule has 0 saturated carbocycles. The van der Waals surface area contributed by atoms with Crippen molar-refractivity contribution >= 4 is 78.8 Å². The quantitative estimate of drug-likeness (QED) is 0.236. The van der Waals surface area contributed by atoms with E-state index in [0.717, 1.165) is 0 Å². The van der Waals surface area contributed by atoms with Crippen LogP contribution in [0.2, 0.25) is 125 Å². The van der Waals surface area contributed by atoms with Gasteiger partial charge in [-0.3, -0.25) is 0 Å². The van der Waals surface area contributed by atoms with Crippen molar-refractivity contribution in [2.45, 2.75) is 208 Å². The van der Waals surface area contributed by atoms with Gasteiger partial charge in [-0.1, -0.05) is 188 Å². The van der Waals surface area contributed by atoms with Crippen molar-refractivity contribution in [3.05, 3.63) is 0 Å². The molecule has 0 nitrogen and oxygen atoms in total. The molecule has 0 radical (unpaired) electrons. The second kappa shape index (κ2) is 11.2. The summed E-state index contributed by atoms with van der Waals surface area (Å²) in [6.45, 7) is 81.0. The Hall–Kier alpha value is 2.39. The zero-order valence-corrected chi connectivity index (χ0v) is 46.5. The van der Waals surface area contributed by atoms with E-state index in [1.807, 2.05) is 0 Å². The molecule has 0 unspecified atom stereocenters. The molecule has 0 N–H and O–H groups in total. The molecular formula is C32H84Si11. The minimum atomic E-state index is -1.84. The largest absolute Gasteiger partial charge is 0.0739 e. The highest BCUT2D eigenvalue weighted by atomic mass is 30.6. The average molecular weight is 778 g/mol. The molecule has 0 aromatic carbocycles. The summed E-state index contributed by atoms with van der Waals surface area (Å²) in [5, 5.41) is 1.78. The fourth-order valence-electron chi connectivity index (χ4n) is 13.8. The Kier molecular flexibility index (Phi) is 11.3. The van der Waals surface area contributed by atoms with E-state index < -0.39 is 78.8 Å². The lowest BCUT2D eigenvalue weighted by Crippen LogP contribution is -3.16. The summed E-state index contributed by atoms with van der Waals surface area (Å²) in [6, 6.07) is 0. The molecule has 1 fully saturated rings. The van der Waals surface area contributed by atoms with Gasteiger partial charge in [0.2, 0.25) is 0 Å². The molecule has 11 heteroatoms. The van der Waals surface area contributed by atoms with Crippen LogP contribution in [0.5, 0.6) is 0 Å². The Labute approximate surface area is 284 Å². The second-order valence-corrected chi connectivity index (χ2v) is 147. The third kappa shape index (κ3) is 5.50. The lowest BCUT2D eigenvalue weighted by Gasteiger charge is -2.84. The van der Waals surface area contributed by atoms with Gasteiger partial charge < -0.3 is 0 Å². The SMILES string of the molecule is CC(C)(C)[Si](C)([Si](=[Si]1[Si]([Si](C)(C)C)([Si](C)(C)C)[Si](C)(C)[Si]1([Si](C)(C)C)[Si](C)(C)C)[Si](C)(C(C)(C)C)C(C)(C)C)C(C)(C)C. The van der Waals surface area contributed by atoms with Crippen molar-refractivity contribution < 1.29 is 0 Å². The van der Waals surface area contributed by atoms with Gasteiger partial charge in [0.15, 0.2) is 0 Å². The van der Waals surface area contributed by atoms with E-state index >= 15 is 0 Å². The van der Waals surface area contributed by atoms with Gasteiger partial charge >= 0.3 is 0 Å². The van der Waals surface area contributed by atoms with Gasteiger partial charge in [0.25, 0.3) is 0 Å². The standard InChI is InChI=1S/C32H84Si11/c1-29(2,3)40(27,30(4,5)6)33(41(28,31(7,8)9)32(10,11)12)34-42(35(13,14)15,36(16,17)18)39(25,26)43(34,37(19,20)21)38(22,23)24/h1-28H3. The van der Waals surface area contributed by atoms with Crippen molar-refractivity contribution in [1.29, 1.82) is 0 Å². The molecule has 1 rings (SSSR count). The molecule has 43 heavy (non-hydrogen) atoms. The summed E-state index contributed by atoms with van der Waals surface area (Å²) < 4.78 is 0. The molecular weight excluding hydrogens is 693 g/mol. The third-order valence-corrected chi connectivity index (χ3v) is 327. The van der Waals surface area contributed by atoms with Crippen molar-refractivity contribution in [3.8, 4) is 0 Å². The summed E-state index contributed by atoms with van der Waals surface area (Å²) >= 11 is 0. The molecule has 1 saturated heterocycles. The Bertz CT molecular complexity index is 952. The van der Waals surface area contributed by atoms with Gasteiger partial charge in [-0.2, -0.15) is 0 Å². The van der Waals surface area contributed by atoms with Crippen LogP contribution in [-0.4, -0.2) is 78.8 Å². The maximum absolute atomic E-state index is 3.19. The van der Waals surface area contributed by atoms with Gasteiger partial charge in [-0.15, -0.1) is 0 Å². The number of hydrogen-bond donors (Lipinski definition) is 0. The van der Waals surface area contributed by atoms with Gasteiger partial charge in [-0.25, -0.2) is 0 Å². The molecule has 0 amide bonds. The van der Waals surface area contributed by atoms with Crippen LogP contribution in [0.25, 0.3) is 0 Å². The average Bonchev–Trinajstić information content (AvgIpc) is 2.58. The second-order valence-electron chi connectivity index (χ2n) is 24.1. The topological polar surface area (TPSA) is 0 Å². The van der Waals surface area contributed by atoms with Crippen molar-refractivity contribution in [3.63, 3.8) is 0 Å². The van der Waals surface area contributed by atoms with Crippen LogP contribution in [0, 0.1) is 0 Å². The lowest BCUT2D eigenvalue weighted by atomic mass is 10.2. The molecule has 0 bridgehead atoms. The molecule has 0 spiro atoms. The van der Waals surface area contributed by atoms with Crippen molar-refractivity contribution in [2.24, 2.45) is 0 Å². The fraction of sp³-hybridized carbons (Fsp3) is 1.00. The van der Waals surface area contributed by atoms with Crippen LogP contribution >= 0.6 is 0 Å². The molecule has 1 aliphatic heterocycles. The zero-order valence-electron chi connectivity index (χ0n) is 35.5.